The van der Waals surface area contributed by atoms with Crippen molar-refractivity contribution in [1.29, 1.82) is 5.26 Å². The minimum absolute atomic E-state index is 0.534. The molecule has 0 aliphatic carbocycles. The molecule has 16 heavy (non-hydrogen) atoms. The number of hydrogen-bond acceptors (Lipinski definition) is 2. The molecule has 0 aromatic heterocycles. The quantitative estimate of drug-likeness (QED) is 0.706. The maximum atomic E-state index is 9.41. The number of rotatable bonds is 1. The van der Waals surface area contributed by atoms with Gasteiger partial charge in [-0.3, -0.25) is 0 Å². The van der Waals surface area contributed by atoms with E-state index in [0.717, 1.165) is 12.0 Å². The zero-order valence-corrected chi connectivity index (χ0v) is 12.1. The van der Waals surface area contributed by atoms with Gasteiger partial charge in [0.25, 0.3) is 0 Å². The minimum atomic E-state index is -1.00. The fourth-order valence-electron chi connectivity index (χ4n) is 1.77. The van der Waals surface area contributed by atoms with Gasteiger partial charge in [0.15, 0.2) is 0 Å². The molecule has 1 heterocycles. The predicted molar refractivity (Wildman–Crippen MR) is 69.9 cm³/mol. The van der Waals surface area contributed by atoms with Gasteiger partial charge in [0.2, 0.25) is 5.60 Å². The van der Waals surface area contributed by atoms with Crippen molar-refractivity contribution < 1.29 is 4.74 Å². The summed E-state index contributed by atoms with van der Waals surface area (Å²) in [6.07, 6.45) is 0.725. The second kappa shape index (κ2) is 4.30. The van der Waals surface area contributed by atoms with Crippen LogP contribution >= 0.6 is 43.5 Å². The average Bonchev–Trinajstić information content (AvgIpc) is 2.55. The van der Waals surface area contributed by atoms with Crippen molar-refractivity contribution in [3.05, 3.63) is 34.9 Å². The Morgan fingerprint density at radius 2 is 1.94 bits per heavy atom. The maximum absolute atomic E-state index is 9.41. The lowest BCUT2D eigenvalue weighted by Crippen LogP contribution is -2.37. The Kier molecular flexibility index (Phi) is 3.33. The van der Waals surface area contributed by atoms with E-state index in [1.54, 1.807) is 12.1 Å². The minimum Gasteiger partial charge on any atom is -0.354 e. The van der Waals surface area contributed by atoms with Crippen LogP contribution in [0.25, 0.3) is 0 Å². The molecule has 0 spiro atoms. The van der Waals surface area contributed by atoms with Gasteiger partial charge in [-0.25, -0.2) is 0 Å². The molecule has 1 aliphatic rings. The van der Waals surface area contributed by atoms with Crippen LogP contribution < -0.4 is 0 Å². The lowest BCUT2D eigenvalue weighted by Gasteiger charge is -2.30. The van der Waals surface area contributed by atoms with Crippen LogP contribution in [0.1, 0.15) is 12.0 Å². The van der Waals surface area contributed by atoms with Crippen molar-refractivity contribution in [3.8, 4) is 6.07 Å². The third-order valence-corrected chi connectivity index (χ3v) is 4.82. The summed E-state index contributed by atoms with van der Waals surface area (Å²) >= 11 is 12.9. The Morgan fingerprint density at radius 3 is 2.38 bits per heavy atom. The number of nitriles is 1. The van der Waals surface area contributed by atoms with Gasteiger partial charge in [0.05, 0.1) is 6.61 Å². The van der Waals surface area contributed by atoms with Crippen LogP contribution in [0.4, 0.5) is 0 Å². The van der Waals surface area contributed by atoms with Crippen LogP contribution in [-0.4, -0.2) is 9.84 Å². The van der Waals surface area contributed by atoms with E-state index in [9.17, 15) is 5.26 Å². The van der Waals surface area contributed by atoms with E-state index in [4.69, 9.17) is 16.3 Å². The first-order chi connectivity index (χ1) is 7.52. The van der Waals surface area contributed by atoms with Crippen molar-refractivity contribution in [2.45, 2.75) is 15.3 Å². The lowest BCUT2D eigenvalue weighted by atomic mass is 9.92. The Morgan fingerprint density at radius 1 is 1.31 bits per heavy atom. The zero-order chi connectivity index (χ0) is 11.8. The summed E-state index contributed by atoms with van der Waals surface area (Å²) < 4.78 is 5.09. The molecule has 2 nitrogen and oxygen atoms in total. The fourth-order valence-corrected chi connectivity index (χ4v) is 3.09. The van der Waals surface area contributed by atoms with Crippen molar-refractivity contribution in [3.63, 3.8) is 0 Å². The van der Waals surface area contributed by atoms with Crippen molar-refractivity contribution in [2.75, 3.05) is 6.61 Å². The average molecular weight is 365 g/mol. The normalized spacial score (nSPS) is 27.6. The monoisotopic (exact) mass is 363 g/mol. The van der Waals surface area contributed by atoms with Crippen molar-refractivity contribution in [2.24, 2.45) is 0 Å². The summed E-state index contributed by atoms with van der Waals surface area (Å²) in [5.74, 6) is 0. The summed E-state index contributed by atoms with van der Waals surface area (Å²) in [4.78, 5) is 0. The summed E-state index contributed by atoms with van der Waals surface area (Å²) in [5.41, 5.74) is -0.205. The zero-order valence-electron chi connectivity index (χ0n) is 8.21. The number of ether oxygens (including phenoxy) is 1. The molecule has 1 fully saturated rings. The molecule has 0 bridgehead atoms. The molecule has 0 amide bonds. The third kappa shape index (κ3) is 1.80. The Balaban J connectivity index is 2.51. The maximum Gasteiger partial charge on any atom is 0.204 e. The van der Waals surface area contributed by atoms with Crippen LogP contribution in [0, 0.1) is 11.3 Å². The molecule has 5 heteroatoms. The van der Waals surface area contributed by atoms with E-state index in [0.29, 0.717) is 11.6 Å². The van der Waals surface area contributed by atoms with Crippen LogP contribution in [0.2, 0.25) is 5.02 Å². The molecule has 1 aliphatic heterocycles. The number of hydrogen-bond donors (Lipinski definition) is 0. The smallest absolute Gasteiger partial charge is 0.204 e. The first kappa shape index (κ1) is 12.4. The standard InChI is InChI=1S/C11H8Br2ClNO/c12-11(13)5-6-16-10(11,7-15)8-1-3-9(14)4-2-8/h1-4H,5-6H2. The highest BCUT2D eigenvalue weighted by Gasteiger charge is 2.55. The molecule has 0 N–H and O–H groups in total. The van der Waals surface area contributed by atoms with Gasteiger partial charge in [0.1, 0.15) is 9.30 Å². The SMILES string of the molecule is N#CC1(c2ccc(Cl)cc2)OCCC1(Br)Br. The Hall–Kier alpha value is -0.0800. The van der Waals surface area contributed by atoms with E-state index in [1.165, 1.54) is 0 Å². The lowest BCUT2D eigenvalue weighted by molar-refractivity contribution is 0.0496. The molecule has 1 unspecified atom stereocenters. The molecule has 84 valence electrons. The van der Waals surface area contributed by atoms with Gasteiger partial charge in [-0.1, -0.05) is 55.6 Å². The van der Waals surface area contributed by atoms with Gasteiger partial charge in [-0.15, -0.1) is 0 Å². The van der Waals surface area contributed by atoms with Gasteiger partial charge >= 0.3 is 0 Å². The highest BCUT2D eigenvalue weighted by Crippen LogP contribution is 2.53. The second-order valence-electron chi connectivity index (χ2n) is 3.60. The Bertz CT molecular complexity index is 440. The van der Waals surface area contributed by atoms with Crippen molar-refractivity contribution in [1.82, 2.24) is 0 Å². The number of halogens is 3. The fraction of sp³-hybridized carbons (Fsp3) is 0.364. The topological polar surface area (TPSA) is 33.0 Å². The van der Waals surface area contributed by atoms with Crippen molar-refractivity contribution >= 4 is 43.5 Å². The van der Waals surface area contributed by atoms with Crippen LogP contribution in [-0.2, 0) is 10.3 Å². The summed E-state index contributed by atoms with van der Waals surface area (Å²) in [6, 6.07) is 9.39. The van der Waals surface area contributed by atoms with Crippen LogP contribution in [0.15, 0.2) is 24.3 Å². The van der Waals surface area contributed by atoms with E-state index in [-0.39, 0.29) is 0 Å². The molecule has 1 aromatic rings. The molecular weight excluding hydrogens is 357 g/mol. The number of alkyl halides is 2. The molecule has 0 saturated carbocycles. The first-order valence-electron chi connectivity index (χ1n) is 4.71. The molecular formula is C11H8Br2ClNO. The summed E-state index contributed by atoms with van der Waals surface area (Å²) in [7, 11) is 0. The molecule has 1 aromatic carbocycles. The summed E-state index contributed by atoms with van der Waals surface area (Å²) in [5, 5.41) is 10.1. The van der Waals surface area contributed by atoms with E-state index < -0.39 is 8.83 Å². The molecule has 0 radical (unpaired) electrons. The third-order valence-electron chi connectivity index (χ3n) is 2.66. The molecule has 1 saturated heterocycles. The van der Waals surface area contributed by atoms with Gasteiger partial charge in [-0.05, 0) is 12.1 Å². The number of nitrogens with zero attached hydrogens (tertiary/aromatic N) is 1. The number of benzene rings is 1. The van der Waals surface area contributed by atoms with E-state index >= 15 is 0 Å². The van der Waals surface area contributed by atoms with Gasteiger partial charge in [0, 0.05) is 17.0 Å². The van der Waals surface area contributed by atoms with Gasteiger partial charge in [-0.2, -0.15) is 5.26 Å². The first-order valence-corrected chi connectivity index (χ1v) is 6.67. The van der Waals surface area contributed by atoms with Crippen LogP contribution in [0.3, 0.4) is 0 Å². The summed E-state index contributed by atoms with van der Waals surface area (Å²) in [6.45, 7) is 0.534. The second-order valence-corrected chi connectivity index (χ2v) is 7.81. The van der Waals surface area contributed by atoms with E-state index in [1.807, 2.05) is 12.1 Å². The largest absolute Gasteiger partial charge is 0.354 e. The molecule has 1 atom stereocenters. The van der Waals surface area contributed by atoms with E-state index in [2.05, 4.69) is 37.9 Å². The molecule has 2 rings (SSSR count). The predicted octanol–water partition coefficient (Wildman–Crippen LogP) is 3.97. The van der Waals surface area contributed by atoms with Crippen LogP contribution in [0.5, 0.6) is 0 Å². The highest BCUT2D eigenvalue weighted by atomic mass is 79.9. The highest BCUT2D eigenvalue weighted by molar-refractivity contribution is 9.25. The van der Waals surface area contributed by atoms with Gasteiger partial charge < -0.3 is 4.74 Å². The Labute approximate surface area is 116 Å².